The summed E-state index contributed by atoms with van der Waals surface area (Å²) in [7, 11) is 1.99. The molecule has 1 aliphatic heterocycles. The average Bonchev–Trinajstić information content (AvgIpc) is 2.99. The summed E-state index contributed by atoms with van der Waals surface area (Å²) in [6, 6.07) is 8.79. The summed E-state index contributed by atoms with van der Waals surface area (Å²) in [5, 5.41) is 5.56. The Morgan fingerprint density at radius 2 is 2.33 bits per heavy atom. The summed E-state index contributed by atoms with van der Waals surface area (Å²) in [6.45, 7) is 0.802. The van der Waals surface area contributed by atoms with Crippen molar-refractivity contribution in [2.24, 2.45) is 0 Å². The molecule has 1 atom stereocenters. The molecule has 18 heavy (non-hydrogen) atoms. The topological polar surface area (TPSA) is 21.3 Å². The van der Waals surface area contributed by atoms with Crippen LogP contribution in [-0.4, -0.2) is 13.7 Å². The van der Waals surface area contributed by atoms with Gasteiger partial charge in [-0.05, 0) is 45.6 Å². The van der Waals surface area contributed by atoms with Crippen LogP contribution in [0.4, 0.5) is 0 Å². The van der Waals surface area contributed by atoms with E-state index in [2.05, 4.69) is 50.9 Å². The number of rotatable bonds is 3. The van der Waals surface area contributed by atoms with Crippen molar-refractivity contribution in [2.75, 3.05) is 13.7 Å². The Bertz CT molecular complexity index is 567. The van der Waals surface area contributed by atoms with Crippen LogP contribution in [0, 0.1) is 0 Å². The second-order valence-corrected chi connectivity index (χ2v) is 6.63. The van der Waals surface area contributed by atoms with E-state index >= 15 is 0 Å². The fourth-order valence-electron chi connectivity index (χ4n) is 2.44. The molecule has 0 radical (unpaired) electrons. The van der Waals surface area contributed by atoms with Gasteiger partial charge in [-0.1, -0.05) is 18.2 Å². The molecule has 1 aliphatic rings. The van der Waals surface area contributed by atoms with Crippen LogP contribution in [0.25, 0.3) is 0 Å². The minimum Gasteiger partial charge on any atom is -0.493 e. The van der Waals surface area contributed by atoms with Crippen molar-refractivity contribution in [1.29, 1.82) is 0 Å². The maximum absolute atomic E-state index is 5.79. The van der Waals surface area contributed by atoms with Crippen molar-refractivity contribution in [1.82, 2.24) is 5.32 Å². The van der Waals surface area contributed by atoms with Gasteiger partial charge in [0.05, 0.1) is 16.4 Å². The molecule has 0 bridgehead atoms. The first-order valence-corrected chi connectivity index (χ1v) is 7.62. The zero-order chi connectivity index (χ0) is 12.5. The Morgan fingerprint density at radius 1 is 1.44 bits per heavy atom. The molecule has 2 aromatic rings. The molecular formula is C14H14BrNOS. The normalized spacial score (nSPS) is 15.2. The third kappa shape index (κ3) is 2.09. The van der Waals surface area contributed by atoms with Crippen molar-refractivity contribution in [2.45, 2.75) is 12.5 Å². The molecule has 0 saturated carbocycles. The van der Waals surface area contributed by atoms with E-state index in [1.807, 2.05) is 7.05 Å². The Balaban J connectivity index is 2.05. The zero-order valence-corrected chi connectivity index (χ0v) is 12.5. The highest BCUT2D eigenvalue weighted by atomic mass is 79.9. The second-order valence-electron chi connectivity index (χ2n) is 4.34. The van der Waals surface area contributed by atoms with E-state index in [0.29, 0.717) is 0 Å². The fraction of sp³-hybridized carbons (Fsp3) is 0.286. The number of hydrogen-bond acceptors (Lipinski definition) is 3. The molecule has 0 fully saturated rings. The second kappa shape index (κ2) is 5.03. The maximum Gasteiger partial charge on any atom is 0.127 e. The van der Waals surface area contributed by atoms with Gasteiger partial charge in [0.1, 0.15) is 5.75 Å². The van der Waals surface area contributed by atoms with Crippen LogP contribution >= 0.6 is 27.3 Å². The lowest BCUT2D eigenvalue weighted by atomic mass is 9.98. The number of fused-ring (bicyclic) bond motifs is 1. The zero-order valence-electron chi connectivity index (χ0n) is 10.1. The molecule has 1 aromatic carbocycles. The summed E-state index contributed by atoms with van der Waals surface area (Å²) in [5.74, 6) is 1.07. The smallest absolute Gasteiger partial charge is 0.127 e. The van der Waals surface area contributed by atoms with Gasteiger partial charge in [-0.2, -0.15) is 0 Å². The lowest BCUT2D eigenvalue weighted by molar-refractivity contribution is 0.351. The van der Waals surface area contributed by atoms with Gasteiger partial charge in [0.25, 0.3) is 0 Å². The van der Waals surface area contributed by atoms with E-state index < -0.39 is 0 Å². The Kier molecular flexibility index (Phi) is 3.41. The van der Waals surface area contributed by atoms with E-state index in [9.17, 15) is 0 Å². The molecular weight excluding hydrogens is 310 g/mol. The number of benzene rings is 1. The predicted octanol–water partition coefficient (Wildman–Crippen LogP) is 3.75. The summed E-state index contributed by atoms with van der Waals surface area (Å²) < 4.78 is 6.95. The van der Waals surface area contributed by atoms with Crippen LogP contribution in [0.2, 0.25) is 0 Å². The molecule has 2 nitrogen and oxygen atoms in total. The predicted molar refractivity (Wildman–Crippen MR) is 78.6 cm³/mol. The van der Waals surface area contributed by atoms with Gasteiger partial charge in [0.15, 0.2) is 0 Å². The standard InChI is InChI=1S/C14H14BrNOS/c1-16-13(10-7-12(15)18-8-10)11-4-2-3-9-5-6-17-14(9)11/h2-4,7-8,13,16H,5-6H2,1H3. The summed E-state index contributed by atoms with van der Waals surface area (Å²) in [5.41, 5.74) is 3.83. The third-order valence-corrected chi connectivity index (χ3v) is 4.79. The minimum absolute atomic E-state index is 0.195. The molecule has 94 valence electrons. The minimum atomic E-state index is 0.195. The van der Waals surface area contributed by atoms with Crippen molar-refractivity contribution in [3.63, 3.8) is 0 Å². The van der Waals surface area contributed by atoms with E-state index in [1.54, 1.807) is 11.3 Å². The van der Waals surface area contributed by atoms with Crippen molar-refractivity contribution in [3.8, 4) is 5.75 Å². The molecule has 0 saturated heterocycles. The van der Waals surface area contributed by atoms with E-state index in [-0.39, 0.29) is 6.04 Å². The third-order valence-electron chi connectivity index (χ3n) is 3.27. The molecule has 1 aromatic heterocycles. The van der Waals surface area contributed by atoms with Crippen LogP contribution in [0.15, 0.2) is 33.4 Å². The number of ether oxygens (including phenoxy) is 1. The van der Waals surface area contributed by atoms with Crippen molar-refractivity contribution < 1.29 is 4.74 Å². The van der Waals surface area contributed by atoms with Crippen molar-refractivity contribution in [3.05, 3.63) is 50.1 Å². The van der Waals surface area contributed by atoms with Gasteiger partial charge >= 0.3 is 0 Å². The fourth-order valence-corrected chi connectivity index (χ4v) is 3.65. The number of para-hydroxylation sites is 1. The molecule has 0 spiro atoms. The quantitative estimate of drug-likeness (QED) is 0.928. The molecule has 0 aliphatic carbocycles. The van der Waals surface area contributed by atoms with Gasteiger partial charge in [-0.25, -0.2) is 0 Å². The molecule has 1 unspecified atom stereocenters. The number of nitrogens with one attached hydrogen (secondary N) is 1. The van der Waals surface area contributed by atoms with Crippen molar-refractivity contribution >= 4 is 27.3 Å². The highest BCUT2D eigenvalue weighted by molar-refractivity contribution is 9.11. The van der Waals surface area contributed by atoms with Gasteiger partial charge in [-0.3, -0.25) is 0 Å². The van der Waals surface area contributed by atoms with Crippen LogP contribution in [0.3, 0.4) is 0 Å². The molecule has 4 heteroatoms. The Morgan fingerprint density at radius 3 is 3.06 bits per heavy atom. The van der Waals surface area contributed by atoms with Crippen LogP contribution in [0.1, 0.15) is 22.7 Å². The lowest BCUT2D eigenvalue weighted by Gasteiger charge is -2.18. The first-order chi connectivity index (χ1) is 8.79. The van der Waals surface area contributed by atoms with E-state index in [1.165, 1.54) is 16.7 Å². The Labute approximate surface area is 119 Å². The molecule has 0 amide bonds. The largest absolute Gasteiger partial charge is 0.493 e. The van der Waals surface area contributed by atoms with Gasteiger partial charge in [0.2, 0.25) is 0 Å². The summed E-state index contributed by atoms with van der Waals surface area (Å²) in [6.07, 6.45) is 1.02. The van der Waals surface area contributed by atoms with E-state index in [0.717, 1.165) is 22.6 Å². The van der Waals surface area contributed by atoms with Gasteiger partial charge < -0.3 is 10.1 Å². The Hall–Kier alpha value is -0.840. The van der Waals surface area contributed by atoms with Crippen LogP contribution < -0.4 is 10.1 Å². The van der Waals surface area contributed by atoms with Crippen LogP contribution in [-0.2, 0) is 6.42 Å². The molecule has 2 heterocycles. The van der Waals surface area contributed by atoms with Gasteiger partial charge in [-0.15, -0.1) is 11.3 Å². The first-order valence-electron chi connectivity index (χ1n) is 5.95. The monoisotopic (exact) mass is 323 g/mol. The first kappa shape index (κ1) is 12.2. The van der Waals surface area contributed by atoms with Crippen LogP contribution in [0.5, 0.6) is 5.75 Å². The van der Waals surface area contributed by atoms with E-state index in [4.69, 9.17) is 4.74 Å². The number of hydrogen-bond donors (Lipinski definition) is 1. The SMILES string of the molecule is CNC(c1csc(Br)c1)c1cccc2c1OCC2. The molecule has 1 N–H and O–H groups in total. The molecule has 3 rings (SSSR count). The summed E-state index contributed by atoms with van der Waals surface area (Å²) in [4.78, 5) is 0. The highest BCUT2D eigenvalue weighted by Crippen LogP contribution is 2.37. The number of halogens is 1. The lowest BCUT2D eigenvalue weighted by Crippen LogP contribution is -2.17. The summed E-state index contributed by atoms with van der Waals surface area (Å²) >= 11 is 5.24. The highest BCUT2D eigenvalue weighted by Gasteiger charge is 2.22. The average molecular weight is 324 g/mol. The maximum atomic E-state index is 5.79. The number of thiophene rings is 1. The van der Waals surface area contributed by atoms with Gasteiger partial charge in [0, 0.05) is 12.0 Å².